The molecule has 0 N–H and O–H groups in total. The number of aryl methyl sites for hydroxylation is 1. The fraction of sp³-hybridized carbons (Fsp3) is 0.0500. The second-order valence-corrected chi connectivity index (χ2v) is 6.73. The first-order chi connectivity index (χ1) is 13.3. The van der Waals surface area contributed by atoms with Crippen LogP contribution in [0, 0.1) is 18.3 Å². The molecule has 0 bridgehead atoms. The summed E-state index contributed by atoms with van der Waals surface area (Å²) >= 11 is 1.27. The van der Waals surface area contributed by atoms with Crippen molar-refractivity contribution < 1.29 is 0 Å². The van der Waals surface area contributed by atoms with Gasteiger partial charge in [-0.15, -0.1) is 10.2 Å². The molecule has 0 aliphatic carbocycles. The Hall–Kier alpha value is -3.50. The molecule has 0 aliphatic heterocycles. The summed E-state index contributed by atoms with van der Waals surface area (Å²) < 4.78 is 1.98. The van der Waals surface area contributed by atoms with E-state index in [-0.39, 0.29) is 5.69 Å². The smallest absolute Gasteiger partial charge is 0.202 e. The van der Waals surface area contributed by atoms with Gasteiger partial charge in [-0.3, -0.25) is 4.57 Å². The third kappa shape index (κ3) is 3.43. The summed E-state index contributed by atoms with van der Waals surface area (Å²) in [6.07, 6.45) is 3.07. The van der Waals surface area contributed by atoms with Gasteiger partial charge >= 0.3 is 0 Å². The van der Waals surface area contributed by atoms with E-state index in [4.69, 9.17) is 0 Å². The maximum Gasteiger partial charge on any atom is 0.202 e. The van der Waals surface area contributed by atoms with Gasteiger partial charge < -0.3 is 0 Å². The van der Waals surface area contributed by atoms with Crippen molar-refractivity contribution in [1.29, 1.82) is 5.26 Å². The van der Waals surface area contributed by atoms with Gasteiger partial charge in [0.05, 0.1) is 5.69 Å². The van der Waals surface area contributed by atoms with Crippen molar-refractivity contribution >= 4 is 11.8 Å². The molecule has 0 spiro atoms. The molecule has 4 aromatic rings. The third-order valence-electron chi connectivity index (χ3n) is 3.88. The Kier molecular flexibility index (Phi) is 4.64. The van der Waals surface area contributed by atoms with Crippen LogP contribution in [0.25, 0.3) is 17.1 Å². The minimum atomic E-state index is 0.266. The van der Waals surface area contributed by atoms with Crippen molar-refractivity contribution in [2.45, 2.75) is 17.1 Å². The molecule has 2 aromatic carbocycles. The van der Waals surface area contributed by atoms with E-state index in [0.29, 0.717) is 10.2 Å². The highest BCUT2D eigenvalue weighted by Crippen LogP contribution is 2.32. The van der Waals surface area contributed by atoms with E-state index >= 15 is 0 Å². The van der Waals surface area contributed by atoms with Crippen molar-refractivity contribution in [1.82, 2.24) is 24.7 Å². The molecule has 0 fully saturated rings. The van der Waals surface area contributed by atoms with Crippen LogP contribution in [-0.2, 0) is 0 Å². The Balaban J connectivity index is 1.88. The van der Waals surface area contributed by atoms with Gasteiger partial charge in [0.1, 0.15) is 11.1 Å². The molecule has 0 amide bonds. The molecule has 0 radical (unpaired) electrons. The van der Waals surface area contributed by atoms with E-state index in [1.165, 1.54) is 18.0 Å². The van der Waals surface area contributed by atoms with Crippen molar-refractivity contribution in [3.05, 3.63) is 78.2 Å². The van der Waals surface area contributed by atoms with Crippen LogP contribution in [0.2, 0.25) is 0 Å². The molecule has 27 heavy (non-hydrogen) atoms. The van der Waals surface area contributed by atoms with E-state index in [1.807, 2.05) is 60.0 Å². The standard InChI is InChI=1S/C20H14N6S/c1-14-6-5-9-16(12-14)26-18(15-7-3-2-4-8-15)24-25-20(26)27-19-17(13-21)22-10-11-23-19/h2-12H,1H3. The molecule has 0 saturated heterocycles. The summed E-state index contributed by atoms with van der Waals surface area (Å²) in [5.41, 5.74) is 3.30. The van der Waals surface area contributed by atoms with Gasteiger partial charge in [0, 0.05) is 18.0 Å². The molecule has 2 heterocycles. The Morgan fingerprint density at radius 2 is 1.78 bits per heavy atom. The summed E-state index contributed by atoms with van der Waals surface area (Å²) in [5, 5.41) is 19.2. The Labute approximate surface area is 160 Å². The number of aromatic nitrogens is 5. The Morgan fingerprint density at radius 3 is 2.56 bits per heavy atom. The second-order valence-electron chi connectivity index (χ2n) is 5.77. The van der Waals surface area contributed by atoms with Crippen molar-refractivity contribution in [2.75, 3.05) is 0 Å². The van der Waals surface area contributed by atoms with Gasteiger partial charge in [0.15, 0.2) is 11.5 Å². The van der Waals surface area contributed by atoms with E-state index in [0.717, 1.165) is 22.6 Å². The molecule has 0 unspecified atom stereocenters. The molecule has 7 heteroatoms. The second kappa shape index (κ2) is 7.40. The summed E-state index contributed by atoms with van der Waals surface area (Å²) in [6, 6.07) is 20.1. The first-order valence-corrected chi connectivity index (χ1v) is 9.05. The van der Waals surface area contributed by atoms with Gasteiger partial charge in [-0.25, -0.2) is 9.97 Å². The summed E-state index contributed by atoms with van der Waals surface area (Å²) in [5.74, 6) is 0.728. The quantitative estimate of drug-likeness (QED) is 0.539. The lowest BCUT2D eigenvalue weighted by molar-refractivity contribution is 0.879. The molecule has 6 nitrogen and oxygen atoms in total. The topological polar surface area (TPSA) is 80.3 Å². The van der Waals surface area contributed by atoms with Gasteiger partial charge in [-0.1, -0.05) is 42.5 Å². The van der Waals surface area contributed by atoms with Crippen LogP contribution in [-0.4, -0.2) is 24.7 Å². The van der Waals surface area contributed by atoms with Crippen molar-refractivity contribution in [3.63, 3.8) is 0 Å². The fourth-order valence-corrected chi connectivity index (χ4v) is 3.52. The largest absolute Gasteiger partial charge is 0.270 e. The zero-order valence-corrected chi connectivity index (χ0v) is 15.3. The number of rotatable bonds is 4. The van der Waals surface area contributed by atoms with Gasteiger partial charge in [-0.05, 0) is 36.4 Å². The normalized spacial score (nSPS) is 10.5. The SMILES string of the molecule is Cc1cccc(-n2c(Sc3nccnc3C#N)nnc2-c2ccccc2)c1. The third-order valence-corrected chi connectivity index (χ3v) is 4.82. The maximum absolute atomic E-state index is 9.29. The summed E-state index contributed by atoms with van der Waals surface area (Å²) in [7, 11) is 0. The average Bonchev–Trinajstić information content (AvgIpc) is 3.12. The maximum atomic E-state index is 9.29. The lowest BCUT2D eigenvalue weighted by Crippen LogP contribution is -2.01. The number of nitrogens with zero attached hydrogens (tertiary/aromatic N) is 6. The first-order valence-electron chi connectivity index (χ1n) is 8.23. The Bertz CT molecular complexity index is 1130. The summed E-state index contributed by atoms with van der Waals surface area (Å²) in [6.45, 7) is 2.04. The molecular weight excluding hydrogens is 356 g/mol. The molecule has 0 saturated carbocycles. The molecular formula is C20H14N6S. The van der Waals surface area contributed by atoms with Crippen LogP contribution in [0.5, 0.6) is 0 Å². The molecule has 130 valence electrons. The highest BCUT2D eigenvalue weighted by atomic mass is 32.2. The van der Waals surface area contributed by atoms with Crippen LogP contribution in [0.4, 0.5) is 0 Å². The lowest BCUT2D eigenvalue weighted by atomic mass is 10.2. The van der Waals surface area contributed by atoms with Gasteiger partial charge in [-0.2, -0.15) is 5.26 Å². The summed E-state index contributed by atoms with van der Waals surface area (Å²) in [4.78, 5) is 8.35. The van der Waals surface area contributed by atoms with Crippen molar-refractivity contribution in [2.24, 2.45) is 0 Å². The average molecular weight is 370 g/mol. The first kappa shape index (κ1) is 16.9. The highest BCUT2D eigenvalue weighted by Gasteiger charge is 2.18. The number of hydrogen-bond donors (Lipinski definition) is 0. The number of nitriles is 1. The predicted octanol–water partition coefficient (Wildman–Crippen LogP) is 4.06. The van der Waals surface area contributed by atoms with Gasteiger partial charge in [0.2, 0.25) is 5.16 Å². The van der Waals surface area contributed by atoms with E-state index in [1.54, 1.807) is 6.20 Å². The number of benzene rings is 2. The van der Waals surface area contributed by atoms with Crippen LogP contribution in [0.15, 0.2) is 77.2 Å². The van der Waals surface area contributed by atoms with E-state index < -0.39 is 0 Å². The van der Waals surface area contributed by atoms with E-state index in [2.05, 4.69) is 32.3 Å². The minimum Gasteiger partial charge on any atom is -0.270 e. The monoisotopic (exact) mass is 370 g/mol. The van der Waals surface area contributed by atoms with Gasteiger partial charge in [0.25, 0.3) is 0 Å². The van der Waals surface area contributed by atoms with Crippen LogP contribution >= 0.6 is 11.8 Å². The Morgan fingerprint density at radius 1 is 0.963 bits per heavy atom. The van der Waals surface area contributed by atoms with Crippen LogP contribution in [0.1, 0.15) is 11.3 Å². The molecule has 0 atom stereocenters. The highest BCUT2D eigenvalue weighted by molar-refractivity contribution is 7.99. The van der Waals surface area contributed by atoms with Crippen LogP contribution in [0.3, 0.4) is 0 Å². The lowest BCUT2D eigenvalue weighted by Gasteiger charge is -2.11. The molecule has 4 rings (SSSR count). The minimum absolute atomic E-state index is 0.266. The number of hydrogen-bond acceptors (Lipinski definition) is 6. The predicted molar refractivity (Wildman–Crippen MR) is 102 cm³/mol. The van der Waals surface area contributed by atoms with E-state index in [9.17, 15) is 5.26 Å². The van der Waals surface area contributed by atoms with Crippen LogP contribution < -0.4 is 0 Å². The molecule has 0 aliphatic rings. The zero-order valence-electron chi connectivity index (χ0n) is 14.4. The fourth-order valence-electron chi connectivity index (χ4n) is 2.67. The zero-order chi connectivity index (χ0) is 18.6. The van der Waals surface area contributed by atoms with Crippen molar-refractivity contribution in [3.8, 4) is 23.1 Å². The molecule has 2 aromatic heterocycles.